The molecule has 0 aliphatic heterocycles. The van der Waals surface area contributed by atoms with E-state index in [1.165, 1.54) is 0 Å². The third-order valence-corrected chi connectivity index (χ3v) is 2.90. The predicted molar refractivity (Wildman–Crippen MR) is 68.0 cm³/mol. The predicted octanol–water partition coefficient (Wildman–Crippen LogP) is 1.53. The van der Waals surface area contributed by atoms with Gasteiger partial charge in [0, 0.05) is 31.1 Å². The molecule has 5 heteroatoms. The van der Waals surface area contributed by atoms with Crippen molar-refractivity contribution in [2.24, 2.45) is 0 Å². The molecule has 2 aromatic heterocycles. The van der Waals surface area contributed by atoms with Gasteiger partial charge in [-0.15, -0.1) is 0 Å². The maximum Gasteiger partial charge on any atom is 0.103 e. The molecule has 2 rings (SSSR count). The number of hydrogen-bond donors (Lipinski definition) is 1. The first-order valence-corrected chi connectivity index (χ1v) is 6.24. The smallest absolute Gasteiger partial charge is 0.103 e. The largest absolute Gasteiger partial charge is 0.386 e. The lowest BCUT2D eigenvalue weighted by Crippen LogP contribution is -2.09. The van der Waals surface area contributed by atoms with Gasteiger partial charge in [-0.1, -0.05) is 6.92 Å². The van der Waals surface area contributed by atoms with Gasteiger partial charge < -0.3 is 5.11 Å². The summed E-state index contributed by atoms with van der Waals surface area (Å²) in [6.45, 7) is 4.93. The Morgan fingerprint density at radius 1 is 1.33 bits per heavy atom. The van der Waals surface area contributed by atoms with E-state index in [9.17, 15) is 5.11 Å². The number of nitrogens with zero attached hydrogens (tertiary/aromatic N) is 4. The second-order valence-electron chi connectivity index (χ2n) is 4.15. The number of aliphatic hydroxyl groups excluding tert-OH is 1. The van der Waals surface area contributed by atoms with Crippen molar-refractivity contribution >= 4 is 0 Å². The van der Waals surface area contributed by atoms with Crippen LogP contribution in [0.25, 0.3) is 0 Å². The number of aryl methyl sites for hydroxylation is 2. The van der Waals surface area contributed by atoms with Crippen molar-refractivity contribution in [3.63, 3.8) is 0 Å². The zero-order chi connectivity index (χ0) is 13.0. The summed E-state index contributed by atoms with van der Waals surface area (Å²) in [7, 11) is 0. The minimum absolute atomic E-state index is 0.513. The average molecular weight is 246 g/mol. The molecule has 1 atom stereocenters. The summed E-state index contributed by atoms with van der Waals surface area (Å²) >= 11 is 0. The monoisotopic (exact) mass is 246 g/mol. The van der Waals surface area contributed by atoms with Gasteiger partial charge in [-0.25, -0.2) is 0 Å². The molecular formula is C13H18N4O. The van der Waals surface area contributed by atoms with Gasteiger partial charge in [-0.05, 0) is 19.4 Å². The summed E-state index contributed by atoms with van der Waals surface area (Å²) in [5, 5.41) is 14.6. The first-order chi connectivity index (χ1) is 8.74. The van der Waals surface area contributed by atoms with E-state index in [1.807, 2.05) is 17.7 Å². The van der Waals surface area contributed by atoms with Gasteiger partial charge in [0.2, 0.25) is 0 Å². The molecule has 0 spiro atoms. The fourth-order valence-corrected chi connectivity index (χ4v) is 1.91. The Morgan fingerprint density at radius 3 is 2.78 bits per heavy atom. The Kier molecular flexibility index (Phi) is 4.04. The highest BCUT2D eigenvalue weighted by molar-refractivity contribution is 5.13. The number of rotatable bonds is 5. The highest BCUT2D eigenvalue weighted by atomic mass is 16.3. The van der Waals surface area contributed by atoms with Gasteiger partial charge in [-0.2, -0.15) is 5.10 Å². The lowest BCUT2D eigenvalue weighted by molar-refractivity contribution is 0.170. The SMILES string of the molecule is CCc1cc(CC(O)c2cnccn2)n(CC)n1. The van der Waals surface area contributed by atoms with Crippen LogP contribution in [0.4, 0.5) is 0 Å². The molecule has 0 aromatic carbocycles. The van der Waals surface area contributed by atoms with Crippen molar-refractivity contribution in [2.45, 2.75) is 39.3 Å². The molecule has 5 nitrogen and oxygen atoms in total. The van der Waals surface area contributed by atoms with E-state index >= 15 is 0 Å². The number of aromatic nitrogens is 4. The van der Waals surface area contributed by atoms with E-state index in [0.717, 1.165) is 24.4 Å². The van der Waals surface area contributed by atoms with E-state index in [-0.39, 0.29) is 0 Å². The fraction of sp³-hybridized carbons (Fsp3) is 0.462. The summed E-state index contributed by atoms with van der Waals surface area (Å²) in [5.41, 5.74) is 2.69. The van der Waals surface area contributed by atoms with E-state index in [4.69, 9.17) is 0 Å². The summed E-state index contributed by atoms with van der Waals surface area (Å²) in [6.07, 6.45) is 5.57. The van der Waals surface area contributed by atoms with Crippen LogP contribution < -0.4 is 0 Å². The van der Waals surface area contributed by atoms with E-state index in [0.29, 0.717) is 12.1 Å². The van der Waals surface area contributed by atoms with Crippen LogP contribution in [0.3, 0.4) is 0 Å². The molecule has 0 aliphatic carbocycles. The Labute approximate surface area is 107 Å². The van der Waals surface area contributed by atoms with Crippen LogP contribution in [-0.4, -0.2) is 24.9 Å². The van der Waals surface area contributed by atoms with Crippen LogP contribution in [-0.2, 0) is 19.4 Å². The van der Waals surface area contributed by atoms with E-state index in [2.05, 4.69) is 22.0 Å². The highest BCUT2D eigenvalue weighted by Crippen LogP contribution is 2.16. The molecule has 1 N–H and O–H groups in total. The molecule has 0 saturated heterocycles. The van der Waals surface area contributed by atoms with Crippen molar-refractivity contribution in [3.8, 4) is 0 Å². The number of aliphatic hydroxyl groups is 1. The zero-order valence-electron chi connectivity index (χ0n) is 10.7. The van der Waals surface area contributed by atoms with Crippen molar-refractivity contribution in [2.75, 3.05) is 0 Å². The molecule has 0 aliphatic rings. The van der Waals surface area contributed by atoms with Crippen LogP contribution in [0.2, 0.25) is 0 Å². The molecular weight excluding hydrogens is 228 g/mol. The second-order valence-corrected chi connectivity index (χ2v) is 4.15. The maximum atomic E-state index is 10.1. The molecule has 0 amide bonds. The standard InChI is InChI=1S/C13H18N4O/c1-3-10-7-11(17(4-2)16-10)8-13(18)12-9-14-5-6-15-12/h5-7,9,13,18H,3-4,8H2,1-2H3. The first-order valence-electron chi connectivity index (χ1n) is 6.24. The van der Waals surface area contributed by atoms with Gasteiger partial charge in [-0.3, -0.25) is 14.6 Å². The molecule has 0 saturated carbocycles. The molecule has 0 radical (unpaired) electrons. The third-order valence-electron chi connectivity index (χ3n) is 2.90. The quantitative estimate of drug-likeness (QED) is 0.869. The van der Waals surface area contributed by atoms with Crippen molar-refractivity contribution < 1.29 is 5.11 Å². The molecule has 1 unspecified atom stereocenters. The topological polar surface area (TPSA) is 63.8 Å². The van der Waals surface area contributed by atoms with Crippen LogP contribution in [0.1, 0.15) is 37.0 Å². The Balaban J connectivity index is 2.16. The molecule has 2 aromatic rings. The summed E-state index contributed by atoms with van der Waals surface area (Å²) in [4.78, 5) is 8.08. The maximum absolute atomic E-state index is 10.1. The molecule has 96 valence electrons. The van der Waals surface area contributed by atoms with Gasteiger partial charge in [0.1, 0.15) is 6.10 Å². The molecule has 0 bridgehead atoms. The minimum atomic E-state index is -0.634. The van der Waals surface area contributed by atoms with Crippen LogP contribution in [0.15, 0.2) is 24.7 Å². The summed E-state index contributed by atoms with van der Waals surface area (Å²) < 4.78 is 1.93. The van der Waals surface area contributed by atoms with E-state index < -0.39 is 6.10 Å². The van der Waals surface area contributed by atoms with Crippen molar-refractivity contribution in [1.82, 2.24) is 19.7 Å². The van der Waals surface area contributed by atoms with Crippen LogP contribution >= 0.6 is 0 Å². The third kappa shape index (κ3) is 2.73. The summed E-state index contributed by atoms with van der Waals surface area (Å²) in [5.74, 6) is 0. The van der Waals surface area contributed by atoms with Crippen molar-refractivity contribution in [3.05, 3.63) is 41.7 Å². The van der Waals surface area contributed by atoms with Gasteiger partial charge in [0.25, 0.3) is 0 Å². The lowest BCUT2D eigenvalue weighted by atomic mass is 10.1. The normalized spacial score (nSPS) is 12.6. The average Bonchev–Trinajstić information content (AvgIpc) is 2.82. The summed E-state index contributed by atoms with van der Waals surface area (Å²) in [6, 6.07) is 2.04. The van der Waals surface area contributed by atoms with Gasteiger partial charge in [0.15, 0.2) is 0 Å². The van der Waals surface area contributed by atoms with Gasteiger partial charge in [0.05, 0.1) is 17.6 Å². The Hall–Kier alpha value is -1.75. The lowest BCUT2D eigenvalue weighted by Gasteiger charge is -2.10. The molecule has 18 heavy (non-hydrogen) atoms. The minimum Gasteiger partial charge on any atom is -0.386 e. The van der Waals surface area contributed by atoms with Crippen molar-refractivity contribution in [1.29, 1.82) is 0 Å². The zero-order valence-corrected chi connectivity index (χ0v) is 10.7. The first kappa shape index (κ1) is 12.7. The highest BCUT2D eigenvalue weighted by Gasteiger charge is 2.14. The fourth-order valence-electron chi connectivity index (χ4n) is 1.91. The Morgan fingerprint density at radius 2 is 2.17 bits per heavy atom. The number of hydrogen-bond acceptors (Lipinski definition) is 4. The van der Waals surface area contributed by atoms with Crippen LogP contribution in [0.5, 0.6) is 0 Å². The van der Waals surface area contributed by atoms with Gasteiger partial charge >= 0.3 is 0 Å². The molecule has 2 heterocycles. The molecule has 0 fully saturated rings. The van der Waals surface area contributed by atoms with E-state index in [1.54, 1.807) is 18.6 Å². The second kappa shape index (κ2) is 5.73. The Bertz CT molecular complexity index is 495. The van der Waals surface area contributed by atoms with Crippen LogP contribution in [0, 0.1) is 0 Å².